The van der Waals surface area contributed by atoms with Gasteiger partial charge in [0.1, 0.15) is 21.9 Å². The average Bonchev–Trinajstić information content (AvgIpc) is 2.87. The Morgan fingerprint density at radius 1 is 0.656 bits per heavy atom. The van der Waals surface area contributed by atoms with Gasteiger partial charge in [-0.15, -0.1) is 0 Å². The van der Waals surface area contributed by atoms with Crippen molar-refractivity contribution in [3.63, 3.8) is 0 Å². The molecule has 4 rings (SSSR count). The second-order valence-corrected chi connectivity index (χ2v) is 14.1. The third-order valence-corrected chi connectivity index (χ3v) is 14.1. The van der Waals surface area contributed by atoms with Gasteiger partial charge in [0.2, 0.25) is 0 Å². The molecule has 0 aliphatic carbocycles. The molecule has 4 heteroatoms. The van der Waals surface area contributed by atoms with Crippen molar-refractivity contribution in [2.75, 3.05) is 6.61 Å². The van der Waals surface area contributed by atoms with E-state index < -0.39 is 28.5 Å². The lowest BCUT2D eigenvalue weighted by Crippen LogP contribution is -3.61. The topological polar surface area (TPSA) is 32.3 Å². The Morgan fingerprint density at radius 3 is 1.41 bits per heavy atom. The molecule has 0 bridgehead atoms. The Hall–Kier alpha value is -2.62. The lowest BCUT2D eigenvalue weighted by atomic mass is 10.4. The highest BCUT2D eigenvalue weighted by atomic mass is 127. The Morgan fingerprint density at radius 2 is 1.03 bits per heavy atom. The van der Waals surface area contributed by atoms with Crippen molar-refractivity contribution in [2.24, 2.45) is 0 Å². The molecule has 4 aromatic carbocycles. The first kappa shape index (κ1) is 22.6. The summed E-state index contributed by atoms with van der Waals surface area (Å²) in [6.07, 6.45) is 0. The van der Waals surface area contributed by atoms with E-state index >= 15 is 0 Å². The van der Waals surface area contributed by atoms with Gasteiger partial charge < -0.3 is 9.84 Å². The van der Waals surface area contributed by atoms with Crippen molar-refractivity contribution in [1.82, 2.24) is 0 Å². The van der Waals surface area contributed by atoms with Crippen LogP contribution in [0.25, 0.3) is 0 Å². The highest BCUT2D eigenvalue weighted by molar-refractivity contribution is 7.98. The van der Waals surface area contributed by atoms with Crippen LogP contribution in [0.1, 0.15) is 6.92 Å². The van der Waals surface area contributed by atoms with Gasteiger partial charge in [0.15, 0.2) is 10.8 Å². The molecule has 160 valence electrons. The van der Waals surface area contributed by atoms with Crippen molar-refractivity contribution in [3.8, 4) is 0 Å². The van der Waals surface area contributed by atoms with Crippen LogP contribution in [0.15, 0.2) is 131 Å². The van der Waals surface area contributed by atoms with Crippen molar-refractivity contribution in [1.29, 1.82) is 0 Å². The standard InChI is InChI=1S/C28H25IO2P/c1-2-31-28(30)27(29-23-15-7-3-8-16-23)32(24-17-9-4-10-18-24,25-19-11-5-12-20-25)26-21-13-6-14-22-26/h3-22H,2H2,1H3/q+1/b28-27+. The van der Waals surface area contributed by atoms with Gasteiger partial charge in [-0.3, -0.25) is 0 Å². The van der Waals surface area contributed by atoms with Crippen LogP contribution >= 0.6 is 7.26 Å². The number of benzene rings is 4. The van der Waals surface area contributed by atoms with Gasteiger partial charge in [-0.1, -0.05) is 79.7 Å². The van der Waals surface area contributed by atoms with Crippen LogP contribution in [0, 0.1) is 3.57 Å². The molecular formula is C28H25IO2P+. The maximum Gasteiger partial charge on any atom is 0.401 e. The molecule has 0 fully saturated rings. The number of hydrogen-bond acceptors (Lipinski definition) is 2. The zero-order chi connectivity index (χ0) is 22.2. The Balaban J connectivity index is 2.10. The first-order valence-electron chi connectivity index (χ1n) is 10.6. The molecule has 32 heavy (non-hydrogen) atoms. The largest absolute Gasteiger partial charge is 0.608 e. The van der Waals surface area contributed by atoms with Crippen LogP contribution in [-0.4, -0.2) is 6.61 Å². The minimum Gasteiger partial charge on any atom is -0.608 e. The summed E-state index contributed by atoms with van der Waals surface area (Å²) in [4.78, 5) is 0. The minimum absolute atomic E-state index is 0.172. The second-order valence-electron chi connectivity index (χ2n) is 7.08. The summed E-state index contributed by atoms with van der Waals surface area (Å²) in [7, 11) is -2.42. The van der Waals surface area contributed by atoms with Crippen LogP contribution in [0.3, 0.4) is 0 Å². The molecule has 0 spiro atoms. The fourth-order valence-electron chi connectivity index (χ4n) is 3.75. The van der Waals surface area contributed by atoms with Crippen LogP contribution in [0.5, 0.6) is 0 Å². The predicted octanol–water partition coefficient (Wildman–Crippen LogP) is 1.46. The Bertz CT molecular complexity index is 1050. The van der Waals surface area contributed by atoms with E-state index in [0.717, 1.165) is 3.32 Å². The Kier molecular flexibility index (Phi) is 7.62. The van der Waals surface area contributed by atoms with Crippen LogP contribution in [-0.2, 0) is 4.74 Å². The highest BCUT2D eigenvalue weighted by Gasteiger charge is 2.58. The smallest absolute Gasteiger partial charge is 0.401 e. The predicted molar refractivity (Wildman–Crippen MR) is 129 cm³/mol. The Labute approximate surface area is 201 Å². The van der Waals surface area contributed by atoms with Crippen molar-refractivity contribution < 1.29 is 31.0 Å². The molecule has 4 aromatic rings. The van der Waals surface area contributed by atoms with Crippen molar-refractivity contribution >= 4 is 23.2 Å². The maximum absolute atomic E-state index is 13.7. The summed E-state index contributed by atoms with van der Waals surface area (Å²) in [6, 6.07) is 41.9. The van der Waals surface area contributed by atoms with Gasteiger partial charge in [-0.25, -0.2) is 0 Å². The molecule has 0 atom stereocenters. The van der Waals surface area contributed by atoms with Crippen LogP contribution in [0.4, 0.5) is 0 Å². The monoisotopic (exact) mass is 551 g/mol. The van der Waals surface area contributed by atoms with Crippen molar-refractivity contribution in [3.05, 3.63) is 134 Å². The molecule has 2 nitrogen and oxygen atoms in total. The van der Waals surface area contributed by atoms with Gasteiger partial charge in [0.25, 0.3) is 0 Å². The summed E-state index contributed by atoms with van der Waals surface area (Å²) >= 11 is -0.767. The van der Waals surface area contributed by atoms with Gasteiger partial charge in [-0.05, 0) is 55.1 Å². The zero-order valence-electron chi connectivity index (χ0n) is 17.9. The molecule has 0 radical (unpaired) electrons. The van der Waals surface area contributed by atoms with Gasteiger partial charge in [0, 0.05) is 0 Å². The quantitative estimate of drug-likeness (QED) is 0.189. The molecule has 0 amide bonds. The molecule has 0 aliphatic heterocycles. The fraction of sp³-hybridized carbons (Fsp3) is 0.0714. The summed E-state index contributed by atoms with van der Waals surface area (Å²) < 4.78 is 7.86. The SMILES string of the molecule is CCO/C([O-])=C(\[I+]c1ccccc1)[P+](c1ccccc1)(c1ccccc1)c1ccccc1. The molecule has 0 saturated carbocycles. The molecule has 0 N–H and O–H groups in total. The van der Waals surface area contributed by atoms with E-state index in [0.29, 0.717) is 6.61 Å². The maximum atomic E-state index is 13.7. The average molecular weight is 551 g/mol. The molecule has 0 unspecified atom stereocenters. The van der Waals surface area contributed by atoms with E-state index in [1.54, 1.807) is 0 Å². The molecule has 0 aliphatic rings. The van der Waals surface area contributed by atoms with E-state index in [1.807, 2.05) is 43.3 Å². The van der Waals surface area contributed by atoms with Gasteiger partial charge in [0.05, 0.1) is 0 Å². The first-order valence-corrected chi connectivity index (χ1v) is 14.5. The number of halogens is 1. The molecular weight excluding hydrogens is 526 g/mol. The highest BCUT2D eigenvalue weighted by Crippen LogP contribution is 2.59. The summed E-state index contributed by atoms with van der Waals surface area (Å²) in [5.41, 5.74) is 0. The van der Waals surface area contributed by atoms with Gasteiger partial charge in [-0.2, -0.15) is 0 Å². The van der Waals surface area contributed by atoms with Crippen molar-refractivity contribution in [2.45, 2.75) is 6.92 Å². The summed E-state index contributed by atoms with van der Waals surface area (Å²) in [6.45, 7) is 2.24. The van der Waals surface area contributed by atoms with Crippen LogP contribution < -0.4 is 42.2 Å². The van der Waals surface area contributed by atoms with E-state index in [9.17, 15) is 5.11 Å². The lowest BCUT2D eigenvalue weighted by molar-refractivity contribution is -0.576. The van der Waals surface area contributed by atoms with E-state index in [-0.39, 0.29) is 5.95 Å². The molecule has 0 saturated heterocycles. The summed E-state index contributed by atoms with van der Waals surface area (Å²) in [5, 5.41) is 17.2. The fourth-order valence-corrected chi connectivity index (χ4v) is 13.6. The lowest BCUT2D eigenvalue weighted by Gasteiger charge is -2.26. The van der Waals surface area contributed by atoms with E-state index in [2.05, 4.69) is 84.9 Å². The van der Waals surface area contributed by atoms with E-state index in [4.69, 9.17) is 4.74 Å². The molecule has 0 heterocycles. The number of ether oxygens (including phenoxy) is 1. The summed E-state index contributed by atoms with van der Waals surface area (Å²) in [5.74, 6) is -0.172. The normalized spacial score (nSPS) is 12.2. The third-order valence-electron chi connectivity index (χ3n) is 5.10. The third kappa shape index (κ3) is 4.60. The molecule has 0 aromatic heterocycles. The second kappa shape index (κ2) is 10.8. The first-order chi connectivity index (χ1) is 15.8. The number of hydrogen-bond donors (Lipinski definition) is 0. The van der Waals surface area contributed by atoms with E-state index in [1.165, 1.54) is 19.5 Å². The zero-order valence-corrected chi connectivity index (χ0v) is 20.9. The number of rotatable bonds is 8. The van der Waals surface area contributed by atoms with Crippen LogP contribution in [0.2, 0.25) is 0 Å². The van der Waals surface area contributed by atoms with Gasteiger partial charge >= 0.3 is 24.5 Å². The minimum atomic E-state index is -2.42.